The standard InChI is InChI=1S/C33H37N3O6S/c1-21(2)29-32(40)35(26(24-14-9-6-10-15-24)19-36(29)31(39)27-16-11-17-43-27)20-28(37)34-25(18-23-12-7-5-8-13-23)30(38)33(41)42-22(3)4/h5-17,19,21-22,25,29-30,38H,18,20H2,1-4H3,(H,34,37)/t25-,29?,30?/m0/s1. The topological polar surface area (TPSA) is 116 Å². The van der Waals surface area contributed by atoms with Crippen LogP contribution in [0.1, 0.15) is 48.5 Å². The van der Waals surface area contributed by atoms with Gasteiger partial charge < -0.3 is 15.2 Å². The first-order chi connectivity index (χ1) is 20.6. The first kappa shape index (κ1) is 31.7. The highest BCUT2D eigenvalue weighted by Crippen LogP contribution is 2.31. The predicted octanol–water partition coefficient (Wildman–Crippen LogP) is 4.10. The van der Waals surface area contributed by atoms with Crippen molar-refractivity contribution in [3.63, 3.8) is 0 Å². The molecule has 3 aromatic rings. The number of ether oxygens (including phenoxy) is 1. The number of rotatable bonds is 11. The number of hydrogen-bond donors (Lipinski definition) is 2. The molecule has 1 aromatic heterocycles. The van der Waals surface area contributed by atoms with Gasteiger partial charge in [0.25, 0.3) is 11.8 Å². The van der Waals surface area contributed by atoms with E-state index in [1.807, 2.05) is 62.4 Å². The SMILES string of the molecule is CC(C)OC(=O)C(O)[C@H](Cc1ccccc1)NC(=O)CN1C(=O)C(C(C)C)N(C(=O)c2cccs2)C=C1c1ccccc1. The monoisotopic (exact) mass is 603 g/mol. The fraction of sp³-hybridized carbons (Fsp3) is 0.333. The van der Waals surface area contributed by atoms with Crippen molar-refractivity contribution in [1.29, 1.82) is 0 Å². The van der Waals surface area contributed by atoms with Crippen molar-refractivity contribution in [2.75, 3.05) is 6.54 Å². The maximum absolute atomic E-state index is 14.1. The Balaban J connectivity index is 1.66. The molecule has 1 aliphatic rings. The van der Waals surface area contributed by atoms with Gasteiger partial charge in [0.15, 0.2) is 6.10 Å². The molecule has 0 fully saturated rings. The number of esters is 1. The van der Waals surface area contributed by atoms with Crippen LogP contribution in [0.3, 0.4) is 0 Å². The van der Waals surface area contributed by atoms with E-state index in [-0.39, 0.29) is 24.8 Å². The van der Waals surface area contributed by atoms with E-state index in [9.17, 15) is 24.3 Å². The molecule has 3 atom stereocenters. The first-order valence-electron chi connectivity index (χ1n) is 14.2. The molecule has 9 nitrogen and oxygen atoms in total. The second-order valence-corrected chi connectivity index (χ2v) is 11.9. The molecule has 2 unspecified atom stereocenters. The number of nitrogens with one attached hydrogen (secondary N) is 1. The third kappa shape index (κ3) is 7.77. The molecule has 0 bridgehead atoms. The van der Waals surface area contributed by atoms with Crippen LogP contribution in [0.15, 0.2) is 84.4 Å². The molecule has 2 heterocycles. The highest BCUT2D eigenvalue weighted by Gasteiger charge is 2.42. The minimum absolute atomic E-state index is 0.161. The quantitative estimate of drug-likeness (QED) is 0.319. The largest absolute Gasteiger partial charge is 0.461 e. The van der Waals surface area contributed by atoms with Crippen molar-refractivity contribution in [2.45, 2.75) is 58.4 Å². The number of aliphatic hydroxyl groups excluding tert-OH is 1. The van der Waals surface area contributed by atoms with Crippen molar-refractivity contribution in [3.05, 3.63) is 100 Å². The second-order valence-electron chi connectivity index (χ2n) is 11.0. The summed E-state index contributed by atoms with van der Waals surface area (Å²) in [6, 6.07) is 19.9. The van der Waals surface area contributed by atoms with Crippen molar-refractivity contribution < 1.29 is 29.0 Å². The van der Waals surface area contributed by atoms with Crippen molar-refractivity contribution in [3.8, 4) is 0 Å². The van der Waals surface area contributed by atoms with E-state index in [1.165, 1.54) is 21.1 Å². The fourth-order valence-electron chi connectivity index (χ4n) is 4.97. The average molecular weight is 604 g/mol. The van der Waals surface area contributed by atoms with Gasteiger partial charge in [-0.05, 0) is 48.8 Å². The Morgan fingerprint density at radius 3 is 2.19 bits per heavy atom. The van der Waals surface area contributed by atoms with E-state index < -0.39 is 42.1 Å². The van der Waals surface area contributed by atoms with Crippen LogP contribution in [-0.2, 0) is 25.5 Å². The molecule has 4 rings (SSSR count). The molecule has 0 radical (unpaired) electrons. The van der Waals surface area contributed by atoms with Gasteiger partial charge in [-0.2, -0.15) is 0 Å². The van der Waals surface area contributed by atoms with E-state index in [1.54, 1.807) is 49.7 Å². The Labute approximate surface area is 255 Å². The summed E-state index contributed by atoms with van der Waals surface area (Å²) in [5.74, 6) is -2.38. The summed E-state index contributed by atoms with van der Waals surface area (Å²) in [6.45, 7) is 6.66. The van der Waals surface area contributed by atoms with Crippen LogP contribution in [0.5, 0.6) is 0 Å². The number of carbonyl (C=O) groups is 4. The van der Waals surface area contributed by atoms with Crippen LogP contribution in [-0.4, -0.2) is 69.4 Å². The van der Waals surface area contributed by atoms with Crippen LogP contribution < -0.4 is 5.32 Å². The van der Waals surface area contributed by atoms with Crippen LogP contribution in [0.2, 0.25) is 0 Å². The number of hydrogen-bond acceptors (Lipinski definition) is 7. The lowest BCUT2D eigenvalue weighted by Crippen LogP contribution is -2.57. The van der Waals surface area contributed by atoms with E-state index in [0.717, 1.165) is 5.56 Å². The van der Waals surface area contributed by atoms with Gasteiger partial charge in [-0.1, -0.05) is 80.6 Å². The minimum Gasteiger partial charge on any atom is -0.461 e. The van der Waals surface area contributed by atoms with E-state index in [2.05, 4.69) is 5.32 Å². The van der Waals surface area contributed by atoms with Gasteiger partial charge in [0.05, 0.1) is 22.7 Å². The molecule has 0 aliphatic carbocycles. The number of benzene rings is 2. The molecule has 10 heteroatoms. The number of amides is 3. The lowest BCUT2D eigenvalue weighted by Gasteiger charge is -2.41. The molecule has 3 amide bonds. The number of thiophene rings is 1. The smallest absolute Gasteiger partial charge is 0.337 e. The third-order valence-corrected chi connectivity index (χ3v) is 7.82. The van der Waals surface area contributed by atoms with E-state index in [4.69, 9.17) is 4.74 Å². The molecular weight excluding hydrogens is 566 g/mol. The fourth-order valence-corrected chi connectivity index (χ4v) is 5.64. The third-order valence-electron chi connectivity index (χ3n) is 6.96. The van der Waals surface area contributed by atoms with E-state index in [0.29, 0.717) is 16.1 Å². The Morgan fingerprint density at radius 2 is 1.60 bits per heavy atom. The molecule has 0 spiro atoms. The molecule has 2 N–H and O–H groups in total. The average Bonchev–Trinajstić information content (AvgIpc) is 3.52. The molecule has 0 saturated carbocycles. The predicted molar refractivity (Wildman–Crippen MR) is 165 cm³/mol. The first-order valence-corrected chi connectivity index (χ1v) is 15.1. The Bertz CT molecular complexity index is 1440. The minimum atomic E-state index is -1.63. The van der Waals surface area contributed by atoms with Crippen molar-refractivity contribution >= 4 is 40.7 Å². The van der Waals surface area contributed by atoms with Gasteiger partial charge in [0.2, 0.25) is 5.91 Å². The number of carbonyl (C=O) groups excluding carboxylic acids is 4. The summed E-state index contributed by atoms with van der Waals surface area (Å²) in [7, 11) is 0. The zero-order valence-electron chi connectivity index (χ0n) is 24.7. The lowest BCUT2D eigenvalue weighted by molar-refractivity contribution is -0.159. The highest BCUT2D eigenvalue weighted by atomic mass is 32.1. The zero-order chi connectivity index (χ0) is 31.1. The van der Waals surface area contributed by atoms with Gasteiger partial charge in [0, 0.05) is 6.20 Å². The molecule has 1 aliphatic heterocycles. The lowest BCUT2D eigenvalue weighted by atomic mass is 9.96. The van der Waals surface area contributed by atoms with Crippen molar-refractivity contribution in [2.24, 2.45) is 5.92 Å². The van der Waals surface area contributed by atoms with Crippen LogP contribution in [0.4, 0.5) is 0 Å². The molecule has 226 valence electrons. The van der Waals surface area contributed by atoms with E-state index >= 15 is 0 Å². The zero-order valence-corrected chi connectivity index (χ0v) is 25.5. The Morgan fingerprint density at radius 1 is 0.953 bits per heavy atom. The molecular formula is C33H37N3O6S. The number of nitrogens with zero attached hydrogens (tertiary/aromatic N) is 2. The van der Waals surface area contributed by atoms with Crippen LogP contribution in [0, 0.1) is 5.92 Å². The van der Waals surface area contributed by atoms with Gasteiger partial charge in [0.1, 0.15) is 12.6 Å². The van der Waals surface area contributed by atoms with Crippen LogP contribution >= 0.6 is 11.3 Å². The summed E-state index contributed by atoms with van der Waals surface area (Å²) in [5.41, 5.74) is 1.84. The highest BCUT2D eigenvalue weighted by molar-refractivity contribution is 7.12. The summed E-state index contributed by atoms with van der Waals surface area (Å²) >= 11 is 1.29. The summed E-state index contributed by atoms with van der Waals surface area (Å²) in [4.78, 5) is 57.2. The normalized spacial score (nSPS) is 16.6. The van der Waals surface area contributed by atoms with Crippen LogP contribution in [0.25, 0.3) is 5.70 Å². The van der Waals surface area contributed by atoms with Gasteiger partial charge in [-0.25, -0.2) is 4.79 Å². The van der Waals surface area contributed by atoms with Crippen molar-refractivity contribution in [1.82, 2.24) is 15.1 Å². The Kier molecular flexibility index (Phi) is 10.5. The van der Waals surface area contributed by atoms with Gasteiger partial charge in [-0.3, -0.25) is 24.2 Å². The Hall–Kier alpha value is -4.28. The summed E-state index contributed by atoms with van der Waals surface area (Å²) in [5, 5.41) is 15.5. The second kappa shape index (κ2) is 14.3. The maximum atomic E-state index is 14.1. The molecule has 0 saturated heterocycles. The molecule has 43 heavy (non-hydrogen) atoms. The van der Waals surface area contributed by atoms with Gasteiger partial charge in [-0.15, -0.1) is 11.3 Å². The summed E-state index contributed by atoms with van der Waals surface area (Å²) < 4.78 is 5.21. The summed E-state index contributed by atoms with van der Waals surface area (Å²) in [6.07, 6.45) is -0.288. The van der Waals surface area contributed by atoms with Gasteiger partial charge >= 0.3 is 5.97 Å². The number of aliphatic hydroxyl groups is 1. The maximum Gasteiger partial charge on any atom is 0.337 e. The molecule has 2 aromatic carbocycles.